The van der Waals surface area contributed by atoms with Crippen LogP contribution in [0.25, 0.3) is 0 Å². The molecule has 9 heteroatoms. The molecule has 1 aliphatic rings. The molecule has 3 N–H and O–H groups in total. The lowest BCUT2D eigenvalue weighted by atomic mass is 10.0. The summed E-state index contributed by atoms with van der Waals surface area (Å²) in [4.78, 5) is 36.9. The first-order valence-electron chi connectivity index (χ1n) is 9.36. The number of aromatic amines is 1. The molecule has 1 saturated heterocycles. The van der Waals surface area contributed by atoms with E-state index in [1.807, 2.05) is 6.07 Å². The van der Waals surface area contributed by atoms with E-state index < -0.39 is 11.5 Å². The van der Waals surface area contributed by atoms with Crippen LogP contribution in [0.4, 0.5) is 10.3 Å². The highest BCUT2D eigenvalue weighted by atomic mass is 19.1. The predicted molar refractivity (Wildman–Crippen MR) is 103 cm³/mol. The van der Waals surface area contributed by atoms with Crippen LogP contribution in [0, 0.1) is 5.82 Å². The number of nitrogens with one attached hydrogen (secondary N) is 1. The molecule has 29 heavy (non-hydrogen) atoms. The van der Waals surface area contributed by atoms with E-state index in [1.54, 1.807) is 17.2 Å². The lowest BCUT2D eigenvalue weighted by Crippen LogP contribution is -2.39. The highest BCUT2D eigenvalue weighted by Gasteiger charge is 2.32. The number of benzene rings is 1. The standard InChI is InChI=1S/C20H20FN5O3/c21-13-5-3-4-12(8-13)9-14-11-23-18(29-14)16-6-1-2-7-26(16)19(28)15-10-17(27)25-20(22)24-15/h3-5,8,10-11,16H,1-2,6-7,9H2,(H3,22,24,25,27)/t16-/m0/s1. The number of nitrogen functional groups attached to an aromatic ring is 1. The molecule has 8 nitrogen and oxygen atoms in total. The predicted octanol–water partition coefficient (Wildman–Crippen LogP) is 2.44. The molecule has 0 saturated carbocycles. The van der Waals surface area contributed by atoms with Gasteiger partial charge in [0.25, 0.3) is 11.5 Å². The molecule has 1 amide bonds. The van der Waals surface area contributed by atoms with E-state index >= 15 is 0 Å². The number of aromatic nitrogens is 3. The van der Waals surface area contributed by atoms with Gasteiger partial charge in [0.05, 0.1) is 6.20 Å². The fourth-order valence-corrected chi connectivity index (χ4v) is 3.57. The maximum atomic E-state index is 13.4. The van der Waals surface area contributed by atoms with E-state index in [2.05, 4.69) is 15.0 Å². The number of anilines is 1. The molecule has 1 atom stereocenters. The number of piperidine rings is 1. The number of carbonyl (C=O) groups excluding carboxylic acids is 1. The Morgan fingerprint density at radius 3 is 3.00 bits per heavy atom. The summed E-state index contributed by atoms with van der Waals surface area (Å²) in [7, 11) is 0. The molecule has 1 aliphatic heterocycles. The monoisotopic (exact) mass is 397 g/mol. The molecular weight excluding hydrogens is 377 g/mol. The van der Waals surface area contributed by atoms with Crippen LogP contribution in [-0.4, -0.2) is 32.3 Å². The summed E-state index contributed by atoms with van der Waals surface area (Å²) in [6.07, 6.45) is 4.43. The Morgan fingerprint density at radius 1 is 1.34 bits per heavy atom. The normalized spacial score (nSPS) is 16.7. The van der Waals surface area contributed by atoms with Gasteiger partial charge in [0, 0.05) is 19.0 Å². The largest absolute Gasteiger partial charge is 0.443 e. The molecular formula is C20H20FN5O3. The second-order valence-electron chi connectivity index (χ2n) is 7.00. The number of H-pyrrole nitrogens is 1. The van der Waals surface area contributed by atoms with Crippen LogP contribution in [0.2, 0.25) is 0 Å². The highest BCUT2D eigenvalue weighted by Crippen LogP contribution is 2.32. The lowest BCUT2D eigenvalue weighted by molar-refractivity contribution is 0.0564. The van der Waals surface area contributed by atoms with Crippen LogP contribution in [0.15, 0.2) is 45.7 Å². The molecule has 1 fully saturated rings. The summed E-state index contributed by atoms with van der Waals surface area (Å²) in [6.45, 7) is 0.499. The second-order valence-corrected chi connectivity index (χ2v) is 7.00. The van der Waals surface area contributed by atoms with E-state index in [0.29, 0.717) is 31.0 Å². The SMILES string of the molecule is Nc1nc(C(=O)N2CCCC[C@H]2c2ncc(Cc3cccc(F)c3)o2)cc(=O)[nH]1. The van der Waals surface area contributed by atoms with Gasteiger partial charge >= 0.3 is 0 Å². The Morgan fingerprint density at radius 2 is 2.21 bits per heavy atom. The van der Waals surface area contributed by atoms with Gasteiger partial charge in [-0.05, 0) is 37.0 Å². The molecule has 0 spiro atoms. The topological polar surface area (TPSA) is 118 Å². The molecule has 0 aliphatic carbocycles. The van der Waals surface area contributed by atoms with Gasteiger partial charge in [0.1, 0.15) is 23.3 Å². The maximum absolute atomic E-state index is 13.4. The van der Waals surface area contributed by atoms with Gasteiger partial charge in [-0.1, -0.05) is 12.1 Å². The third-order valence-corrected chi connectivity index (χ3v) is 4.87. The first-order chi connectivity index (χ1) is 14.0. The Labute approximate surface area is 165 Å². The summed E-state index contributed by atoms with van der Waals surface area (Å²) in [5.41, 5.74) is 5.84. The number of amides is 1. The molecule has 0 radical (unpaired) electrons. The van der Waals surface area contributed by atoms with E-state index in [1.165, 1.54) is 12.1 Å². The van der Waals surface area contributed by atoms with Crippen molar-refractivity contribution in [3.05, 3.63) is 75.6 Å². The van der Waals surface area contributed by atoms with Crippen molar-refractivity contribution in [1.82, 2.24) is 19.9 Å². The van der Waals surface area contributed by atoms with Crippen molar-refractivity contribution in [3.8, 4) is 0 Å². The van der Waals surface area contributed by atoms with E-state index in [0.717, 1.165) is 24.5 Å². The van der Waals surface area contributed by atoms with Crippen LogP contribution < -0.4 is 11.3 Å². The van der Waals surface area contributed by atoms with Crippen LogP contribution in [0.5, 0.6) is 0 Å². The number of carbonyl (C=O) groups is 1. The fourth-order valence-electron chi connectivity index (χ4n) is 3.57. The summed E-state index contributed by atoms with van der Waals surface area (Å²) in [5.74, 6) is 0.195. The maximum Gasteiger partial charge on any atom is 0.273 e. The number of hydrogen-bond donors (Lipinski definition) is 2. The van der Waals surface area contributed by atoms with Crippen molar-refractivity contribution in [3.63, 3.8) is 0 Å². The average Bonchev–Trinajstić information content (AvgIpc) is 3.15. The van der Waals surface area contributed by atoms with Gasteiger partial charge in [-0.25, -0.2) is 14.4 Å². The van der Waals surface area contributed by atoms with Crippen molar-refractivity contribution >= 4 is 11.9 Å². The zero-order valence-electron chi connectivity index (χ0n) is 15.6. The summed E-state index contributed by atoms with van der Waals surface area (Å²) in [5, 5.41) is 0. The average molecular weight is 397 g/mol. The van der Waals surface area contributed by atoms with Gasteiger partial charge in [-0.15, -0.1) is 0 Å². The van der Waals surface area contributed by atoms with Gasteiger partial charge in [-0.3, -0.25) is 14.6 Å². The highest BCUT2D eigenvalue weighted by molar-refractivity contribution is 5.92. The van der Waals surface area contributed by atoms with E-state index in [4.69, 9.17) is 10.2 Å². The third-order valence-electron chi connectivity index (χ3n) is 4.87. The number of hydrogen-bond acceptors (Lipinski definition) is 6. The minimum absolute atomic E-state index is 0.00955. The number of nitrogens with zero attached hydrogens (tertiary/aromatic N) is 3. The summed E-state index contributed by atoms with van der Waals surface area (Å²) in [6, 6.07) is 7.06. The van der Waals surface area contributed by atoms with Crippen LogP contribution >= 0.6 is 0 Å². The van der Waals surface area contributed by atoms with E-state index in [9.17, 15) is 14.0 Å². The Bertz CT molecular complexity index is 1090. The van der Waals surface area contributed by atoms with Crippen LogP contribution in [-0.2, 0) is 6.42 Å². The Hall–Kier alpha value is -3.49. The van der Waals surface area contributed by atoms with Crippen molar-refractivity contribution in [2.24, 2.45) is 0 Å². The third kappa shape index (κ3) is 4.18. The second kappa shape index (κ2) is 7.86. The molecule has 3 aromatic rings. The zero-order chi connectivity index (χ0) is 20.4. The van der Waals surface area contributed by atoms with Crippen LogP contribution in [0.3, 0.4) is 0 Å². The molecule has 0 bridgehead atoms. The molecule has 0 unspecified atom stereocenters. The van der Waals surface area contributed by atoms with Crippen molar-refractivity contribution in [2.45, 2.75) is 31.7 Å². The Balaban J connectivity index is 1.57. The van der Waals surface area contributed by atoms with Crippen molar-refractivity contribution in [2.75, 3.05) is 12.3 Å². The summed E-state index contributed by atoms with van der Waals surface area (Å²) < 4.78 is 19.3. The van der Waals surface area contributed by atoms with Crippen molar-refractivity contribution < 1.29 is 13.6 Å². The molecule has 2 aromatic heterocycles. The van der Waals surface area contributed by atoms with Crippen LogP contribution in [0.1, 0.15) is 53.0 Å². The number of oxazole rings is 1. The quantitative estimate of drug-likeness (QED) is 0.698. The fraction of sp³-hybridized carbons (Fsp3) is 0.300. The minimum atomic E-state index is -0.483. The van der Waals surface area contributed by atoms with Gasteiger partial charge < -0.3 is 15.1 Å². The summed E-state index contributed by atoms with van der Waals surface area (Å²) >= 11 is 0. The number of likely N-dealkylation sites (tertiary alicyclic amines) is 1. The Kier molecular flexibility index (Phi) is 5.11. The minimum Gasteiger partial charge on any atom is -0.443 e. The first-order valence-corrected chi connectivity index (χ1v) is 9.36. The van der Waals surface area contributed by atoms with Crippen molar-refractivity contribution in [1.29, 1.82) is 0 Å². The molecule has 1 aromatic carbocycles. The van der Waals surface area contributed by atoms with Gasteiger partial charge in [0.15, 0.2) is 0 Å². The molecule has 4 rings (SSSR count). The number of rotatable bonds is 4. The number of halogens is 1. The van der Waals surface area contributed by atoms with E-state index in [-0.39, 0.29) is 23.5 Å². The number of nitrogens with two attached hydrogens (primary N) is 1. The first kappa shape index (κ1) is 18.9. The lowest BCUT2D eigenvalue weighted by Gasteiger charge is -2.33. The smallest absolute Gasteiger partial charge is 0.273 e. The molecule has 3 heterocycles. The molecule has 150 valence electrons. The van der Waals surface area contributed by atoms with Gasteiger partial charge in [-0.2, -0.15) is 0 Å². The zero-order valence-corrected chi connectivity index (χ0v) is 15.6. The van der Waals surface area contributed by atoms with Gasteiger partial charge in [0.2, 0.25) is 11.8 Å².